The molecule has 0 spiro atoms. The molecule has 1 aromatic heterocycles. The summed E-state index contributed by atoms with van der Waals surface area (Å²) in [7, 11) is -3.20. The highest BCUT2D eigenvalue weighted by Crippen LogP contribution is 2.27. The van der Waals surface area contributed by atoms with Gasteiger partial charge in [-0.2, -0.15) is 0 Å². The molecule has 0 atom stereocenters. The molecule has 0 saturated carbocycles. The number of imidazole rings is 1. The lowest BCUT2D eigenvalue weighted by atomic mass is 9.97. The number of fused-ring (bicyclic) bond motifs is 1. The molecule has 1 N–H and O–H groups in total. The van der Waals surface area contributed by atoms with Crippen LogP contribution in [0.25, 0.3) is 34.3 Å². The van der Waals surface area contributed by atoms with Gasteiger partial charge in [0.2, 0.25) is 0 Å². The second kappa shape index (κ2) is 7.72. The number of hydrogen-bond acceptors (Lipinski definition) is 4. The van der Waals surface area contributed by atoms with Crippen LogP contribution in [-0.2, 0) is 9.84 Å². The van der Waals surface area contributed by atoms with Crippen molar-refractivity contribution < 1.29 is 13.2 Å². The maximum absolute atomic E-state index is 11.9. The topological polar surface area (TPSA) is 79.9 Å². The van der Waals surface area contributed by atoms with Crippen LogP contribution in [0.3, 0.4) is 0 Å². The Bertz CT molecular complexity index is 1380. The Morgan fingerprint density at radius 3 is 2.40 bits per heavy atom. The quantitative estimate of drug-likeness (QED) is 0.464. The molecule has 3 aromatic carbocycles. The lowest BCUT2D eigenvalue weighted by Crippen LogP contribution is -1.95. The van der Waals surface area contributed by atoms with Crippen molar-refractivity contribution >= 4 is 38.8 Å². The van der Waals surface area contributed by atoms with Gasteiger partial charge in [-0.05, 0) is 54.0 Å². The highest BCUT2D eigenvalue weighted by Gasteiger charge is 2.10. The van der Waals surface area contributed by atoms with Gasteiger partial charge >= 0.3 is 0 Å². The Morgan fingerprint density at radius 1 is 0.967 bits per heavy atom. The number of rotatable bonds is 5. The zero-order valence-electron chi connectivity index (χ0n) is 16.6. The van der Waals surface area contributed by atoms with Crippen LogP contribution < -0.4 is 0 Å². The minimum Gasteiger partial charge on any atom is -0.338 e. The molecule has 5 nitrogen and oxygen atoms in total. The Kier molecular flexibility index (Phi) is 5.10. The summed E-state index contributed by atoms with van der Waals surface area (Å²) >= 11 is 0. The summed E-state index contributed by atoms with van der Waals surface area (Å²) in [6.45, 7) is 1.57. The average molecular weight is 417 g/mol. The SMILES string of the molecule is CC(=O)c1ccccc1-c1ccc2nc(/C=C/c3ccc(S(C)(=O)=O)cc3)[nH]c2c1. The van der Waals surface area contributed by atoms with Crippen molar-refractivity contribution in [3.63, 3.8) is 0 Å². The monoisotopic (exact) mass is 416 g/mol. The molecule has 4 aromatic rings. The number of aromatic amines is 1. The molecular formula is C24H20N2O3S. The van der Waals surface area contributed by atoms with Gasteiger partial charge in [0, 0.05) is 11.8 Å². The number of benzene rings is 3. The molecular weight excluding hydrogens is 396 g/mol. The minimum atomic E-state index is -3.20. The third kappa shape index (κ3) is 4.09. The number of carbonyl (C=O) groups is 1. The summed E-state index contributed by atoms with van der Waals surface area (Å²) < 4.78 is 23.1. The molecule has 0 radical (unpaired) electrons. The van der Waals surface area contributed by atoms with Crippen LogP contribution >= 0.6 is 0 Å². The Morgan fingerprint density at radius 2 is 1.70 bits per heavy atom. The molecule has 0 fully saturated rings. The van der Waals surface area contributed by atoms with E-state index in [1.165, 1.54) is 6.26 Å². The number of carbonyl (C=O) groups excluding carboxylic acids is 1. The van der Waals surface area contributed by atoms with Crippen LogP contribution in [-0.4, -0.2) is 30.4 Å². The standard InChI is InChI=1S/C24H20N2O3S/c1-16(27)20-5-3-4-6-21(20)18-10-13-22-23(15-18)26-24(25-22)14-9-17-7-11-19(12-8-17)30(2,28)29/h3-15H,1-2H3,(H,25,26)/b14-9+. The summed E-state index contributed by atoms with van der Waals surface area (Å²) in [4.78, 5) is 20.1. The third-order valence-electron chi connectivity index (χ3n) is 4.86. The first-order chi connectivity index (χ1) is 14.3. The lowest BCUT2D eigenvalue weighted by Gasteiger charge is -2.06. The predicted molar refractivity (Wildman–Crippen MR) is 120 cm³/mol. The number of Topliss-reactive ketones (excluding diaryl/α,β-unsaturated/α-hetero) is 1. The molecule has 4 rings (SSSR count). The lowest BCUT2D eigenvalue weighted by molar-refractivity contribution is 0.101. The maximum Gasteiger partial charge on any atom is 0.175 e. The summed E-state index contributed by atoms with van der Waals surface area (Å²) in [6.07, 6.45) is 4.91. The van der Waals surface area contributed by atoms with Gasteiger partial charge in [-0.3, -0.25) is 4.79 Å². The fraction of sp³-hybridized carbons (Fsp3) is 0.0833. The van der Waals surface area contributed by atoms with E-state index in [1.807, 2.05) is 54.6 Å². The average Bonchev–Trinajstić information content (AvgIpc) is 3.14. The van der Waals surface area contributed by atoms with Crippen molar-refractivity contribution in [2.45, 2.75) is 11.8 Å². The van der Waals surface area contributed by atoms with Crippen LogP contribution in [0.15, 0.2) is 71.6 Å². The van der Waals surface area contributed by atoms with Crippen LogP contribution in [0.1, 0.15) is 28.7 Å². The van der Waals surface area contributed by atoms with Gasteiger partial charge in [0.1, 0.15) is 5.82 Å². The van der Waals surface area contributed by atoms with Gasteiger partial charge in [-0.15, -0.1) is 0 Å². The van der Waals surface area contributed by atoms with E-state index < -0.39 is 9.84 Å². The van der Waals surface area contributed by atoms with E-state index >= 15 is 0 Å². The normalized spacial score (nSPS) is 11.9. The molecule has 0 aliphatic carbocycles. The predicted octanol–water partition coefficient (Wildman–Crippen LogP) is 5.01. The van der Waals surface area contributed by atoms with Gasteiger partial charge in [0.25, 0.3) is 0 Å². The van der Waals surface area contributed by atoms with Crippen molar-refractivity contribution in [1.29, 1.82) is 0 Å². The van der Waals surface area contributed by atoms with Crippen molar-refractivity contribution in [2.24, 2.45) is 0 Å². The van der Waals surface area contributed by atoms with E-state index in [4.69, 9.17) is 0 Å². The molecule has 0 aliphatic rings. The number of aromatic nitrogens is 2. The number of hydrogen-bond donors (Lipinski definition) is 1. The number of sulfone groups is 1. The van der Waals surface area contributed by atoms with Crippen molar-refractivity contribution in [3.05, 3.63) is 83.7 Å². The second-order valence-corrected chi connectivity index (χ2v) is 9.15. The first kappa shape index (κ1) is 19.8. The van der Waals surface area contributed by atoms with E-state index in [9.17, 15) is 13.2 Å². The minimum absolute atomic E-state index is 0.0285. The van der Waals surface area contributed by atoms with Crippen LogP contribution in [0, 0.1) is 0 Å². The van der Waals surface area contributed by atoms with Crippen molar-refractivity contribution in [1.82, 2.24) is 9.97 Å². The summed E-state index contributed by atoms with van der Waals surface area (Å²) in [5.41, 5.74) is 5.10. The van der Waals surface area contributed by atoms with E-state index in [-0.39, 0.29) is 5.78 Å². The summed E-state index contributed by atoms with van der Waals surface area (Å²) in [5.74, 6) is 0.718. The van der Waals surface area contributed by atoms with Gasteiger partial charge in [0.15, 0.2) is 15.6 Å². The molecule has 0 unspecified atom stereocenters. The van der Waals surface area contributed by atoms with Gasteiger partial charge in [0.05, 0.1) is 15.9 Å². The fourth-order valence-corrected chi connectivity index (χ4v) is 3.95. The molecule has 0 aliphatic heterocycles. The zero-order chi connectivity index (χ0) is 21.3. The molecule has 0 amide bonds. The highest BCUT2D eigenvalue weighted by molar-refractivity contribution is 7.90. The number of nitrogens with zero attached hydrogens (tertiary/aromatic N) is 1. The third-order valence-corrected chi connectivity index (χ3v) is 5.99. The van der Waals surface area contributed by atoms with E-state index in [0.717, 1.165) is 27.7 Å². The molecule has 30 heavy (non-hydrogen) atoms. The van der Waals surface area contributed by atoms with Crippen LogP contribution in [0.5, 0.6) is 0 Å². The van der Waals surface area contributed by atoms with Crippen molar-refractivity contribution in [2.75, 3.05) is 6.26 Å². The Balaban J connectivity index is 1.63. The van der Waals surface area contributed by atoms with Gasteiger partial charge in [-0.1, -0.05) is 48.5 Å². The smallest absolute Gasteiger partial charge is 0.175 e. The first-order valence-corrected chi connectivity index (χ1v) is 11.3. The Labute approximate surface area is 175 Å². The van der Waals surface area contributed by atoms with Gasteiger partial charge < -0.3 is 4.98 Å². The second-order valence-electron chi connectivity index (χ2n) is 7.13. The summed E-state index contributed by atoms with van der Waals surface area (Å²) in [6, 6.07) is 20.1. The van der Waals surface area contributed by atoms with E-state index in [2.05, 4.69) is 9.97 Å². The van der Waals surface area contributed by atoms with E-state index in [1.54, 1.807) is 31.2 Å². The van der Waals surface area contributed by atoms with Gasteiger partial charge in [-0.25, -0.2) is 13.4 Å². The fourth-order valence-electron chi connectivity index (χ4n) is 3.32. The zero-order valence-corrected chi connectivity index (χ0v) is 17.4. The number of nitrogens with one attached hydrogen (secondary N) is 1. The Hall–Kier alpha value is -3.51. The molecule has 0 bridgehead atoms. The number of ketones is 1. The van der Waals surface area contributed by atoms with E-state index in [0.29, 0.717) is 16.3 Å². The van der Waals surface area contributed by atoms with Crippen LogP contribution in [0.2, 0.25) is 0 Å². The number of H-pyrrole nitrogens is 1. The maximum atomic E-state index is 11.9. The highest BCUT2D eigenvalue weighted by atomic mass is 32.2. The van der Waals surface area contributed by atoms with Crippen molar-refractivity contribution in [3.8, 4) is 11.1 Å². The molecule has 1 heterocycles. The van der Waals surface area contributed by atoms with Crippen LogP contribution in [0.4, 0.5) is 0 Å². The molecule has 150 valence electrons. The first-order valence-electron chi connectivity index (χ1n) is 9.39. The largest absolute Gasteiger partial charge is 0.338 e. The summed E-state index contributed by atoms with van der Waals surface area (Å²) in [5, 5.41) is 0. The molecule has 0 saturated heterocycles. The molecule has 6 heteroatoms.